The summed E-state index contributed by atoms with van der Waals surface area (Å²) < 4.78 is 0. The molecular formula is C18H17NOS. The molecule has 0 aliphatic heterocycles. The van der Waals surface area contributed by atoms with Crippen LogP contribution in [0.4, 0.5) is 0 Å². The Morgan fingerprint density at radius 3 is 2.71 bits per heavy atom. The Morgan fingerprint density at radius 2 is 1.90 bits per heavy atom. The number of aromatic amines is 1. The number of aryl methyl sites for hydroxylation is 2. The first-order valence-electron chi connectivity index (χ1n) is 6.94. The quantitative estimate of drug-likeness (QED) is 0.556. The van der Waals surface area contributed by atoms with E-state index in [0.29, 0.717) is 5.75 Å². The molecule has 0 saturated carbocycles. The second kappa shape index (κ2) is 5.78. The zero-order valence-electron chi connectivity index (χ0n) is 12.1. The normalized spacial score (nSPS) is 11.0. The van der Waals surface area contributed by atoms with Crippen molar-refractivity contribution in [1.29, 1.82) is 0 Å². The van der Waals surface area contributed by atoms with Crippen LogP contribution in [0.3, 0.4) is 0 Å². The van der Waals surface area contributed by atoms with Crippen LogP contribution in [0.25, 0.3) is 10.9 Å². The molecule has 3 aromatic rings. The van der Waals surface area contributed by atoms with Crippen LogP contribution < -0.4 is 0 Å². The summed E-state index contributed by atoms with van der Waals surface area (Å²) in [6.45, 7) is 4.00. The summed E-state index contributed by atoms with van der Waals surface area (Å²) >= 11 is 1.56. The van der Waals surface area contributed by atoms with E-state index in [1.807, 2.05) is 50.2 Å². The van der Waals surface area contributed by atoms with E-state index in [1.54, 1.807) is 11.8 Å². The van der Waals surface area contributed by atoms with Crippen LogP contribution in [0.1, 0.15) is 21.5 Å². The summed E-state index contributed by atoms with van der Waals surface area (Å²) in [5.74, 6) is 0.636. The highest BCUT2D eigenvalue weighted by Gasteiger charge is 2.11. The Kier molecular flexibility index (Phi) is 3.84. The third kappa shape index (κ3) is 3.03. The molecule has 3 heteroatoms. The van der Waals surface area contributed by atoms with E-state index in [9.17, 15) is 4.79 Å². The van der Waals surface area contributed by atoms with E-state index in [1.165, 1.54) is 5.39 Å². The lowest BCUT2D eigenvalue weighted by Crippen LogP contribution is -2.05. The lowest BCUT2D eigenvalue weighted by atomic mass is 10.0. The highest BCUT2D eigenvalue weighted by atomic mass is 32.2. The van der Waals surface area contributed by atoms with Gasteiger partial charge in [0.1, 0.15) is 0 Å². The molecule has 0 fully saturated rings. The first kappa shape index (κ1) is 14.0. The van der Waals surface area contributed by atoms with Crippen molar-refractivity contribution < 1.29 is 4.79 Å². The van der Waals surface area contributed by atoms with Crippen LogP contribution >= 0.6 is 11.8 Å². The molecule has 0 amide bonds. The molecule has 0 saturated heterocycles. The second-order valence-corrected chi connectivity index (χ2v) is 6.27. The molecule has 1 N–H and O–H groups in total. The summed E-state index contributed by atoms with van der Waals surface area (Å²) in [6.07, 6.45) is 0. The van der Waals surface area contributed by atoms with Crippen molar-refractivity contribution in [3.8, 4) is 0 Å². The maximum atomic E-state index is 12.4. The largest absolute Gasteiger partial charge is 0.350 e. The van der Waals surface area contributed by atoms with Gasteiger partial charge in [0.15, 0.2) is 5.78 Å². The number of aromatic nitrogens is 1. The van der Waals surface area contributed by atoms with Crippen molar-refractivity contribution in [3.63, 3.8) is 0 Å². The lowest BCUT2D eigenvalue weighted by molar-refractivity contribution is 0.102. The molecule has 0 aliphatic rings. The van der Waals surface area contributed by atoms with Crippen LogP contribution in [-0.4, -0.2) is 16.5 Å². The van der Waals surface area contributed by atoms with E-state index >= 15 is 0 Å². The monoisotopic (exact) mass is 295 g/mol. The first-order chi connectivity index (χ1) is 10.1. The molecule has 0 aliphatic carbocycles. The van der Waals surface area contributed by atoms with Crippen molar-refractivity contribution in [3.05, 3.63) is 65.2 Å². The van der Waals surface area contributed by atoms with Crippen LogP contribution in [0, 0.1) is 13.8 Å². The standard InChI is InChI=1S/C18H17NOS/c1-12-7-8-13(2)15(9-12)17(20)11-21-18-10-14-5-3-4-6-16(14)19-18/h3-10,19H,11H2,1-2H3. The van der Waals surface area contributed by atoms with Gasteiger partial charge >= 0.3 is 0 Å². The number of para-hydroxylation sites is 1. The van der Waals surface area contributed by atoms with Crippen LogP contribution in [0.5, 0.6) is 0 Å². The predicted molar refractivity (Wildman–Crippen MR) is 89.3 cm³/mol. The molecule has 0 bridgehead atoms. The van der Waals surface area contributed by atoms with Gasteiger partial charge in [-0.15, -0.1) is 11.8 Å². The number of H-pyrrole nitrogens is 1. The zero-order valence-corrected chi connectivity index (χ0v) is 13.0. The van der Waals surface area contributed by atoms with Crippen LogP contribution in [-0.2, 0) is 0 Å². The minimum atomic E-state index is 0.180. The van der Waals surface area contributed by atoms with E-state index in [4.69, 9.17) is 0 Å². The highest BCUT2D eigenvalue weighted by Crippen LogP contribution is 2.24. The Balaban J connectivity index is 1.74. The third-order valence-electron chi connectivity index (χ3n) is 3.56. The fourth-order valence-corrected chi connectivity index (χ4v) is 3.22. The molecule has 106 valence electrons. The van der Waals surface area contributed by atoms with Gasteiger partial charge in [-0.2, -0.15) is 0 Å². The van der Waals surface area contributed by atoms with Crippen LogP contribution in [0.2, 0.25) is 0 Å². The zero-order chi connectivity index (χ0) is 14.8. The number of ketones is 1. The van der Waals surface area contributed by atoms with Gasteiger partial charge in [0.25, 0.3) is 0 Å². The van der Waals surface area contributed by atoms with Crippen molar-refractivity contribution in [2.24, 2.45) is 0 Å². The van der Waals surface area contributed by atoms with E-state index in [0.717, 1.165) is 27.2 Å². The average Bonchev–Trinajstić information content (AvgIpc) is 2.90. The Bertz CT molecular complexity index is 771. The van der Waals surface area contributed by atoms with E-state index in [2.05, 4.69) is 17.1 Å². The molecule has 2 nitrogen and oxygen atoms in total. The first-order valence-corrected chi connectivity index (χ1v) is 7.93. The molecule has 1 aromatic heterocycles. The van der Waals surface area contributed by atoms with Gasteiger partial charge in [-0.05, 0) is 37.6 Å². The number of hydrogen-bond donors (Lipinski definition) is 1. The van der Waals surface area contributed by atoms with Gasteiger partial charge in [-0.1, -0.05) is 35.9 Å². The molecule has 0 radical (unpaired) electrons. The van der Waals surface area contributed by atoms with Crippen molar-refractivity contribution in [2.75, 3.05) is 5.75 Å². The fourth-order valence-electron chi connectivity index (χ4n) is 2.38. The number of Topliss-reactive ketones (excluding diaryl/α,β-unsaturated/α-hetero) is 1. The maximum absolute atomic E-state index is 12.4. The third-order valence-corrected chi connectivity index (χ3v) is 4.49. The lowest BCUT2D eigenvalue weighted by Gasteiger charge is -2.05. The van der Waals surface area contributed by atoms with Crippen LogP contribution in [0.15, 0.2) is 53.6 Å². The number of hydrogen-bond acceptors (Lipinski definition) is 2. The van der Waals surface area contributed by atoms with Crippen molar-refractivity contribution in [1.82, 2.24) is 4.98 Å². The van der Waals surface area contributed by atoms with Gasteiger partial charge in [0, 0.05) is 16.5 Å². The number of fused-ring (bicyclic) bond motifs is 1. The number of thioether (sulfide) groups is 1. The van der Waals surface area contributed by atoms with Gasteiger partial charge in [-0.25, -0.2) is 0 Å². The van der Waals surface area contributed by atoms with Crippen molar-refractivity contribution >= 4 is 28.4 Å². The predicted octanol–water partition coefficient (Wildman–Crippen LogP) is 4.76. The summed E-state index contributed by atoms with van der Waals surface area (Å²) in [5.41, 5.74) is 4.11. The van der Waals surface area contributed by atoms with Gasteiger partial charge < -0.3 is 4.98 Å². The molecule has 0 atom stereocenters. The molecule has 2 aromatic carbocycles. The smallest absolute Gasteiger partial charge is 0.173 e. The summed E-state index contributed by atoms with van der Waals surface area (Å²) in [5, 5.41) is 2.22. The number of carbonyl (C=O) groups excluding carboxylic acids is 1. The topological polar surface area (TPSA) is 32.9 Å². The van der Waals surface area contributed by atoms with Gasteiger partial charge in [-0.3, -0.25) is 4.79 Å². The number of nitrogens with one attached hydrogen (secondary N) is 1. The van der Waals surface area contributed by atoms with Gasteiger partial charge in [0.05, 0.1) is 10.8 Å². The number of carbonyl (C=O) groups is 1. The molecule has 21 heavy (non-hydrogen) atoms. The molecule has 3 rings (SSSR count). The molecule has 1 heterocycles. The highest BCUT2D eigenvalue weighted by molar-refractivity contribution is 8.00. The minimum absolute atomic E-state index is 0.180. The Hall–Kier alpha value is -2.00. The second-order valence-electron chi connectivity index (χ2n) is 5.25. The molecular weight excluding hydrogens is 278 g/mol. The Morgan fingerprint density at radius 1 is 1.10 bits per heavy atom. The summed E-state index contributed by atoms with van der Waals surface area (Å²) in [4.78, 5) is 15.7. The average molecular weight is 295 g/mol. The number of benzene rings is 2. The summed E-state index contributed by atoms with van der Waals surface area (Å²) in [6, 6.07) is 16.3. The summed E-state index contributed by atoms with van der Waals surface area (Å²) in [7, 11) is 0. The molecule has 0 unspecified atom stereocenters. The Labute approximate surface area is 128 Å². The van der Waals surface area contributed by atoms with E-state index in [-0.39, 0.29) is 5.78 Å². The molecule has 0 spiro atoms. The van der Waals surface area contributed by atoms with Crippen molar-refractivity contribution in [2.45, 2.75) is 18.9 Å². The van der Waals surface area contributed by atoms with Gasteiger partial charge in [0.2, 0.25) is 0 Å². The number of rotatable bonds is 4. The fraction of sp³-hybridized carbons (Fsp3) is 0.167. The minimum Gasteiger partial charge on any atom is -0.350 e. The van der Waals surface area contributed by atoms with E-state index < -0.39 is 0 Å². The maximum Gasteiger partial charge on any atom is 0.173 e. The SMILES string of the molecule is Cc1ccc(C)c(C(=O)CSc2cc3ccccc3[nH]2)c1.